The maximum Gasteiger partial charge on any atom is 0.245 e. The summed E-state index contributed by atoms with van der Waals surface area (Å²) >= 11 is 0. The minimum atomic E-state index is -3.82. The SMILES string of the molecule is CC1OCCC1N(C)S(=O)(=O)c1cccc(F)c1N. The molecule has 5 nitrogen and oxygen atoms in total. The van der Waals surface area contributed by atoms with Gasteiger partial charge in [0.05, 0.1) is 17.8 Å². The van der Waals surface area contributed by atoms with E-state index in [0.29, 0.717) is 13.0 Å². The molecule has 0 spiro atoms. The summed E-state index contributed by atoms with van der Waals surface area (Å²) < 4.78 is 44.9. The van der Waals surface area contributed by atoms with Crippen LogP contribution in [0.5, 0.6) is 0 Å². The minimum Gasteiger partial charge on any atom is -0.395 e. The molecule has 1 aromatic carbocycles. The number of benzene rings is 1. The Morgan fingerprint density at radius 2 is 2.16 bits per heavy atom. The van der Waals surface area contributed by atoms with Gasteiger partial charge in [-0.3, -0.25) is 0 Å². The number of para-hydroxylation sites is 1. The Morgan fingerprint density at radius 3 is 2.74 bits per heavy atom. The second-order valence-corrected chi connectivity index (χ2v) is 6.57. The van der Waals surface area contributed by atoms with Gasteiger partial charge < -0.3 is 10.5 Å². The van der Waals surface area contributed by atoms with Crippen molar-refractivity contribution < 1.29 is 17.5 Å². The molecule has 1 heterocycles. The number of sulfonamides is 1. The molecule has 0 saturated carbocycles. The van der Waals surface area contributed by atoms with E-state index in [0.717, 1.165) is 6.07 Å². The molecule has 1 aliphatic heterocycles. The highest BCUT2D eigenvalue weighted by Gasteiger charge is 2.36. The van der Waals surface area contributed by atoms with Gasteiger partial charge >= 0.3 is 0 Å². The van der Waals surface area contributed by atoms with Crippen molar-refractivity contribution >= 4 is 15.7 Å². The zero-order chi connectivity index (χ0) is 14.2. The molecule has 0 aliphatic carbocycles. The van der Waals surface area contributed by atoms with Crippen LogP contribution < -0.4 is 5.73 Å². The zero-order valence-corrected chi connectivity index (χ0v) is 11.7. The predicted octanol–water partition coefficient (Wildman–Crippen LogP) is 1.21. The second-order valence-electron chi connectivity index (χ2n) is 4.60. The molecule has 1 saturated heterocycles. The number of likely N-dealkylation sites (N-methyl/N-ethyl adjacent to an activating group) is 1. The molecule has 0 aromatic heterocycles. The number of nitrogen functional groups attached to an aromatic ring is 1. The molecule has 0 bridgehead atoms. The van der Waals surface area contributed by atoms with Gasteiger partial charge in [-0.1, -0.05) is 6.07 Å². The summed E-state index contributed by atoms with van der Waals surface area (Å²) in [5, 5.41) is 0. The van der Waals surface area contributed by atoms with E-state index in [1.807, 2.05) is 6.92 Å². The highest BCUT2D eigenvalue weighted by atomic mass is 32.2. The van der Waals surface area contributed by atoms with Gasteiger partial charge in [0.25, 0.3) is 0 Å². The summed E-state index contributed by atoms with van der Waals surface area (Å²) in [5.74, 6) is -0.731. The average molecular weight is 288 g/mol. The van der Waals surface area contributed by atoms with Crippen molar-refractivity contribution in [3.8, 4) is 0 Å². The van der Waals surface area contributed by atoms with Crippen LogP contribution in [0.3, 0.4) is 0 Å². The van der Waals surface area contributed by atoms with Crippen LogP contribution >= 0.6 is 0 Å². The molecule has 2 unspecified atom stereocenters. The molecule has 106 valence electrons. The Kier molecular flexibility index (Phi) is 3.80. The van der Waals surface area contributed by atoms with Gasteiger partial charge in [-0.25, -0.2) is 12.8 Å². The highest BCUT2D eigenvalue weighted by molar-refractivity contribution is 7.89. The first kappa shape index (κ1) is 14.2. The van der Waals surface area contributed by atoms with Crippen LogP contribution in [0.15, 0.2) is 23.1 Å². The maximum absolute atomic E-state index is 13.4. The van der Waals surface area contributed by atoms with Crippen molar-refractivity contribution in [2.75, 3.05) is 19.4 Å². The van der Waals surface area contributed by atoms with E-state index >= 15 is 0 Å². The third-order valence-electron chi connectivity index (χ3n) is 3.47. The van der Waals surface area contributed by atoms with Crippen LogP contribution in [-0.2, 0) is 14.8 Å². The summed E-state index contributed by atoms with van der Waals surface area (Å²) in [4.78, 5) is -0.200. The van der Waals surface area contributed by atoms with Gasteiger partial charge in [0.15, 0.2) is 0 Å². The Hall–Kier alpha value is -1.18. The molecule has 1 aliphatic rings. The van der Waals surface area contributed by atoms with Crippen molar-refractivity contribution in [1.29, 1.82) is 0 Å². The second kappa shape index (κ2) is 5.07. The van der Waals surface area contributed by atoms with E-state index in [2.05, 4.69) is 0 Å². The first-order chi connectivity index (χ1) is 8.85. The van der Waals surface area contributed by atoms with E-state index < -0.39 is 15.8 Å². The minimum absolute atomic E-state index is 0.186. The molecular formula is C12H17FN2O3S. The molecule has 0 amide bonds. The van der Waals surface area contributed by atoms with Crippen molar-refractivity contribution in [1.82, 2.24) is 4.31 Å². The first-order valence-electron chi connectivity index (χ1n) is 5.99. The van der Waals surface area contributed by atoms with Gasteiger partial charge in [0, 0.05) is 13.7 Å². The van der Waals surface area contributed by atoms with Crippen LogP contribution in [0.4, 0.5) is 10.1 Å². The van der Waals surface area contributed by atoms with Crippen LogP contribution in [0.25, 0.3) is 0 Å². The highest BCUT2D eigenvalue weighted by Crippen LogP contribution is 2.28. The van der Waals surface area contributed by atoms with Gasteiger partial charge in [0.2, 0.25) is 10.0 Å². The smallest absolute Gasteiger partial charge is 0.245 e. The van der Waals surface area contributed by atoms with E-state index in [1.165, 1.54) is 23.5 Å². The van der Waals surface area contributed by atoms with Crippen LogP contribution in [0.2, 0.25) is 0 Å². The van der Waals surface area contributed by atoms with Crippen LogP contribution in [0, 0.1) is 5.82 Å². The fourth-order valence-corrected chi connectivity index (χ4v) is 3.84. The number of hydrogen-bond donors (Lipinski definition) is 1. The van der Waals surface area contributed by atoms with Gasteiger partial charge in [-0.2, -0.15) is 4.31 Å². The number of nitrogens with two attached hydrogens (primary N) is 1. The fraction of sp³-hybridized carbons (Fsp3) is 0.500. The van der Waals surface area contributed by atoms with Crippen molar-refractivity contribution in [3.63, 3.8) is 0 Å². The van der Waals surface area contributed by atoms with Crippen LogP contribution in [0.1, 0.15) is 13.3 Å². The standard InChI is InChI=1S/C12H17FN2O3S/c1-8-10(6-7-18-8)15(2)19(16,17)11-5-3-4-9(13)12(11)14/h3-5,8,10H,6-7,14H2,1-2H3. The Morgan fingerprint density at radius 1 is 1.47 bits per heavy atom. The van der Waals surface area contributed by atoms with Crippen molar-refractivity contribution in [2.45, 2.75) is 30.4 Å². The van der Waals surface area contributed by atoms with Gasteiger partial charge in [-0.05, 0) is 25.5 Å². The third kappa shape index (κ3) is 2.45. The number of ether oxygens (including phenoxy) is 1. The molecule has 0 radical (unpaired) electrons. The molecule has 2 rings (SSSR count). The quantitative estimate of drug-likeness (QED) is 0.848. The molecule has 7 heteroatoms. The number of anilines is 1. The van der Waals surface area contributed by atoms with E-state index in [9.17, 15) is 12.8 Å². The van der Waals surface area contributed by atoms with Crippen molar-refractivity contribution in [3.05, 3.63) is 24.0 Å². The summed E-state index contributed by atoms with van der Waals surface area (Å²) in [7, 11) is -2.35. The summed E-state index contributed by atoms with van der Waals surface area (Å²) in [5.41, 5.74) is 5.18. The average Bonchev–Trinajstić information content (AvgIpc) is 2.77. The van der Waals surface area contributed by atoms with Crippen LogP contribution in [-0.4, -0.2) is 38.5 Å². The topological polar surface area (TPSA) is 72.6 Å². The number of rotatable bonds is 3. The largest absolute Gasteiger partial charge is 0.395 e. The van der Waals surface area contributed by atoms with E-state index in [4.69, 9.17) is 10.5 Å². The van der Waals surface area contributed by atoms with E-state index in [-0.39, 0.29) is 22.7 Å². The lowest BCUT2D eigenvalue weighted by molar-refractivity contribution is 0.102. The number of hydrogen-bond acceptors (Lipinski definition) is 4. The Balaban J connectivity index is 2.39. The predicted molar refractivity (Wildman–Crippen MR) is 69.6 cm³/mol. The summed E-state index contributed by atoms with van der Waals surface area (Å²) in [6.45, 7) is 2.34. The van der Waals surface area contributed by atoms with Crippen molar-refractivity contribution in [2.24, 2.45) is 0 Å². The Bertz CT molecular complexity index is 576. The molecular weight excluding hydrogens is 271 g/mol. The monoisotopic (exact) mass is 288 g/mol. The molecule has 1 aromatic rings. The molecule has 2 atom stereocenters. The van der Waals surface area contributed by atoms with E-state index in [1.54, 1.807) is 0 Å². The zero-order valence-electron chi connectivity index (χ0n) is 10.8. The summed E-state index contributed by atoms with van der Waals surface area (Å²) in [6, 6.07) is 3.52. The first-order valence-corrected chi connectivity index (χ1v) is 7.43. The molecule has 2 N–H and O–H groups in total. The lowest BCUT2D eigenvalue weighted by Gasteiger charge is -2.26. The van der Waals surface area contributed by atoms with Gasteiger partial charge in [0.1, 0.15) is 10.7 Å². The van der Waals surface area contributed by atoms with Gasteiger partial charge in [-0.15, -0.1) is 0 Å². The number of halogens is 1. The maximum atomic E-state index is 13.4. The fourth-order valence-electron chi connectivity index (χ4n) is 2.27. The lowest BCUT2D eigenvalue weighted by Crippen LogP contribution is -2.41. The normalized spacial score (nSPS) is 24.0. The molecule has 1 fully saturated rings. The third-order valence-corrected chi connectivity index (χ3v) is 5.41. The Labute approximate surface area is 112 Å². The molecule has 19 heavy (non-hydrogen) atoms. The lowest BCUT2D eigenvalue weighted by atomic mass is 10.2. The summed E-state index contributed by atoms with van der Waals surface area (Å²) in [6.07, 6.45) is 0.432. The number of nitrogens with zero attached hydrogens (tertiary/aromatic N) is 1.